The normalized spacial score (nSPS) is 20.8. The van der Waals surface area contributed by atoms with Gasteiger partial charge in [-0.2, -0.15) is 0 Å². The van der Waals surface area contributed by atoms with Gasteiger partial charge in [-0.05, 0) is 64.4 Å². The predicted octanol–water partition coefficient (Wildman–Crippen LogP) is 4.81. The Morgan fingerprint density at radius 1 is 0.923 bits per heavy atom. The van der Waals surface area contributed by atoms with Crippen molar-refractivity contribution in [1.29, 1.82) is 0 Å². The summed E-state index contributed by atoms with van der Waals surface area (Å²) in [5.74, 6) is 0. The average molecular weight is 338 g/mol. The second-order valence-electron chi connectivity index (χ2n) is 6.49. The van der Waals surface area contributed by atoms with Gasteiger partial charge in [-0.3, -0.25) is 0 Å². The summed E-state index contributed by atoms with van der Waals surface area (Å²) in [7, 11) is 0. The molecule has 2 aromatic rings. The van der Waals surface area contributed by atoms with E-state index in [0.717, 1.165) is 6.42 Å². The minimum Gasteiger partial charge on any atom is -0.405 e. The van der Waals surface area contributed by atoms with Gasteiger partial charge < -0.3 is 11.1 Å². The summed E-state index contributed by atoms with van der Waals surface area (Å²) >= 11 is 0. The highest BCUT2D eigenvalue weighted by Gasteiger charge is 2.23. The molecular weight excluding hydrogens is 316 g/mol. The van der Waals surface area contributed by atoms with Crippen molar-refractivity contribution >= 4 is 11.1 Å². The largest absolute Gasteiger partial charge is 0.405 e. The van der Waals surface area contributed by atoms with E-state index in [1.165, 1.54) is 33.4 Å². The lowest BCUT2D eigenvalue weighted by Crippen LogP contribution is -2.31. The zero-order chi connectivity index (χ0) is 17.8. The first-order chi connectivity index (χ1) is 12.9. The number of nitrogens with two attached hydrogens (primary N) is 1. The van der Waals surface area contributed by atoms with Crippen LogP contribution in [0, 0.1) is 0 Å². The van der Waals surface area contributed by atoms with Crippen molar-refractivity contribution in [2.45, 2.75) is 12.5 Å². The third kappa shape index (κ3) is 3.14. The Morgan fingerprint density at radius 3 is 2.38 bits per heavy atom. The van der Waals surface area contributed by atoms with E-state index < -0.39 is 0 Å². The first-order valence-corrected chi connectivity index (χ1v) is 8.94. The van der Waals surface area contributed by atoms with Gasteiger partial charge in [0, 0.05) is 0 Å². The molecule has 1 unspecified atom stereocenters. The Bertz CT molecular complexity index is 929. The molecule has 1 aliphatic carbocycles. The summed E-state index contributed by atoms with van der Waals surface area (Å²) in [5.41, 5.74) is 13.3. The number of nitrogens with one attached hydrogen (secondary N) is 1. The van der Waals surface area contributed by atoms with Crippen LogP contribution in [0.5, 0.6) is 0 Å². The van der Waals surface area contributed by atoms with E-state index in [0.29, 0.717) is 0 Å². The molecule has 26 heavy (non-hydrogen) atoms. The van der Waals surface area contributed by atoms with Gasteiger partial charge >= 0.3 is 0 Å². The summed E-state index contributed by atoms with van der Waals surface area (Å²) < 4.78 is 0. The number of allylic oxidation sites excluding steroid dienone is 5. The predicted molar refractivity (Wildman–Crippen MR) is 110 cm³/mol. The smallest absolute Gasteiger partial charge is 0.0555 e. The maximum atomic E-state index is 5.73. The van der Waals surface area contributed by atoms with Gasteiger partial charge in [0.05, 0.1) is 6.04 Å². The molecule has 2 heteroatoms. The first kappa shape index (κ1) is 16.2. The maximum Gasteiger partial charge on any atom is 0.0555 e. The molecule has 1 heterocycles. The quantitative estimate of drug-likeness (QED) is 0.843. The monoisotopic (exact) mass is 338 g/mol. The third-order valence-electron chi connectivity index (χ3n) is 4.90. The zero-order valence-corrected chi connectivity index (χ0v) is 14.6. The molecule has 0 spiro atoms. The SMILES string of the molecule is N/C=C\C(=C1\C=CC2=C(c3ccccc3)C=CNC2C1)c1ccccc1. The molecule has 2 nitrogen and oxygen atoms in total. The fourth-order valence-electron chi connectivity index (χ4n) is 3.66. The van der Waals surface area contributed by atoms with Crippen molar-refractivity contribution in [3.05, 3.63) is 120 Å². The Morgan fingerprint density at radius 2 is 1.65 bits per heavy atom. The Balaban J connectivity index is 1.79. The van der Waals surface area contributed by atoms with E-state index in [1.807, 2.05) is 12.1 Å². The van der Waals surface area contributed by atoms with Gasteiger partial charge in [0.1, 0.15) is 0 Å². The number of benzene rings is 2. The highest BCUT2D eigenvalue weighted by Crippen LogP contribution is 2.35. The van der Waals surface area contributed by atoms with Crippen LogP contribution in [-0.4, -0.2) is 6.04 Å². The molecule has 0 radical (unpaired) electrons. The zero-order valence-electron chi connectivity index (χ0n) is 14.6. The van der Waals surface area contributed by atoms with Crippen LogP contribution in [0.1, 0.15) is 17.5 Å². The first-order valence-electron chi connectivity index (χ1n) is 8.94. The van der Waals surface area contributed by atoms with Crippen molar-refractivity contribution in [1.82, 2.24) is 5.32 Å². The number of hydrogen-bond acceptors (Lipinski definition) is 2. The minimum absolute atomic E-state index is 0.278. The molecule has 2 aromatic carbocycles. The summed E-state index contributed by atoms with van der Waals surface area (Å²) in [6.07, 6.45) is 13.3. The van der Waals surface area contributed by atoms with Crippen LogP contribution in [-0.2, 0) is 0 Å². The summed E-state index contributed by atoms with van der Waals surface area (Å²) in [6, 6.07) is 21.3. The molecule has 0 fully saturated rings. The molecule has 1 atom stereocenters. The van der Waals surface area contributed by atoms with Crippen LogP contribution >= 0.6 is 0 Å². The van der Waals surface area contributed by atoms with Gasteiger partial charge in [0.2, 0.25) is 0 Å². The minimum atomic E-state index is 0.278. The van der Waals surface area contributed by atoms with E-state index in [-0.39, 0.29) is 6.04 Å². The van der Waals surface area contributed by atoms with E-state index in [9.17, 15) is 0 Å². The van der Waals surface area contributed by atoms with Crippen LogP contribution in [0.4, 0.5) is 0 Å². The molecule has 0 aromatic heterocycles. The topological polar surface area (TPSA) is 38.0 Å². The van der Waals surface area contributed by atoms with Crippen molar-refractivity contribution < 1.29 is 0 Å². The molecule has 0 bridgehead atoms. The summed E-state index contributed by atoms with van der Waals surface area (Å²) in [5, 5.41) is 3.52. The number of fused-ring (bicyclic) bond motifs is 1. The molecule has 1 aliphatic heterocycles. The van der Waals surface area contributed by atoms with E-state index in [1.54, 1.807) is 6.20 Å². The molecule has 3 N–H and O–H groups in total. The van der Waals surface area contributed by atoms with Gasteiger partial charge in [-0.25, -0.2) is 0 Å². The lowest BCUT2D eigenvalue weighted by Gasteiger charge is -2.30. The standard InChI is InChI=1S/C24H22N2/c25-15-13-21(18-7-3-1-4-8-18)20-11-12-23-22(14-16-26-24(23)17-20)19-9-5-2-6-10-19/h1-16,24,26H,17,25H2/b15-13-,21-20+. The van der Waals surface area contributed by atoms with E-state index in [4.69, 9.17) is 5.73 Å². The average Bonchev–Trinajstić information content (AvgIpc) is 2.72. The molecular formula is C24H22N2. The Hall–Kier alpha value is -3.26. The van der Waals surface area contributed by atoms with E-state index in [2.05, 4.69) is 84.3 Å². The van der Waals surface area contributed by atoms with Gasteiger partial charge in [-0.15, -0.1) is 0 Å². The lowest BCUT2D eigenvalue weighted by molar-refractivity contribution is 0.662. The maximum absolute atomic E-state index is 5.73. The fourth-order valence-corrected chi connectivity index (χ4v) is 3.66. The van der Waals surface area contributed by atoms with Crippen molar-refractivity contribution in [3.63, 3.8) is 0 Å². The second-order valence-corrected chi connectivity index (χ2v) is 6.49. The lowest BCUT2D eigenvalue weighted by atomic mass is 9.83. The Kier molecular flexibility index (Phi) is 4.57. The van der Waals surface area contributed by atoms with Crippen LogP contribution in [0.3, 0.4) is 0 Å². The van der Waals surface area contributed by atoms with Gasteiger partial charge in [-0.1, -0.05) is 72.8 Å². The highest BCUT2D eigenvalue weighted by molar-refractivity contribution is 5.83. The Labute approximate surface area is 154 Å². The third-order valence-corrected chi connectivity index (χ3v) is 4.90. The molecule has 0 saturated heterocycles. The van der Waals surface area contributed by atoms with Crippen LogP contribution < -0.4 is 11.1 Å². The number of rotatable bonds is 3. The number of dihydropyridines is 1. The second kappa shape index (κ2) is 7.32. The van der Waals surface area contributed by atoms with Crippen LogP contribution in [0.15, 0.2) is 109 Å². The van der Waals surface area contributed by atoms with Crippen molar-refractivity contribution in [2.24, 2.45) is 5.73 Å². The highest BCUT2D eigenvalue weighted by atomic mass is 14.9. The fraction of sp³-hybridized carbons (Fsp3) is 0.0833. The molecule has 128 valence electrons. The summed E-state index contributed by atoms with van der Waals surface area (Å²) in [4.78, 5) is 0. The van der Waals surface area contributed by atoms with Crippen LogP contribution in [0.25, 0.3) is 11.1 Å². The van der Waals surface area contributed by atoms with Crippen molar-refractivity contribution in [3.8, 4) is 0 Å². The van der Waals surface area contributed by atoms with Gasteiger partial charge in [0.25, 0.3) is 0 Å². The molecule has 2 aliphatic rings. The molecule has 0 amide bonds. The molecule has 4 rings (SSSR count). The number of hydrogen-bond donors (Lipinski definition) is 2. The van der Waals surface area contributed by atoms with Crippen LogP contribution in [0.2, 0.25) is 0 Å². The van der Waals surface area contributed by atoms with E-state index >= 15 is 0 Å². The van der Waals surface area contributed by atoms with Crippen molar-refractivity contribution in [2.75, 3.05) is 0 Å². The molecule has 0 saturated carbocycles. The van der Waals surface area contributed by atoms with Gasteiger partial charge in [0.15, 0.2) is 0 Å². The summed E-state index contributed by atoms with van der Waals surface area (Å²) in [6.45, 7) is 0.